The second-order valence-electron chi connectivity index (χ2n) is 4.26. The maximum atomic E-state index is 8.22. The Hall–Kier alpha value is -3.50. The molecule has 4 nitrogen and oxygen atoms in total. The molecule has 2 rings (SSSR count). The number of hydrogen-bond donors (Lipinski definition) is 2. The van der Waals surface area contributed by atoms with Gasteiger partial charge in [0.05, 0.1) is 12.1 Å². The molecule has 22 heavy (non-hydrogen) atoms. The molecule has 0 heterocycles. The van der Waals surface area contributed by atoms with Crippen LogP contribution in [0.15, 0.2) is 60.7 Å². The van der Waals surface area contributed by atoms with Crippen LogP contribution in [0.1, 0.15) is 11.1 Å². The van der Waals surface area contributed by atoms with Gasteiger partial charge in [-0.1, -0.05) is 24.3 Å². The average Bonchev–Trinajstić information content (AvgIpc) is 2.54. The largest absolute Gasteiger partial charge is 0.399 e. The topological polar surface area (TPSA) is 99.6 Å². The van der Waals surface area contributed by atoms with Gasteiger partial charge >= 0.3 is 0 Å². The molecule has 2 aromatic carbocycles. The lowest BCUT2D eigenvalue weighted by Gasteiger charge is -1.92. The molecule has 4 N–H and O–H groups in total. The summed E-state index contributed by atoms with van der Waals surface area (Å²) >= 11 is 0. The van der Waals surface area contributed by atoms with E-state index in [1.807, 2.05) is 36.4 Å². The Morgan fingerprint density at radius 1 is 0.636 bits per heavy atom. The van der Waals surface area contributed by atoms with Gasteiger partial charge in [0, 0.05) is 23.5 Å². The van der Waals surface area contributed by atoms with Gasteiger partial charge in [0.25, 0.3) is 0 Å². The van der Waals surface area contributed by atoms with Crippen LogP contribution < -0.4 is 11.5 Å². The number of benzene rings is 2. The average molecular weight is 288 g/mol. The highest BCUT2D eigenvalue weighted by molar-refractivity contribution is 5.55. The molecular weight excluding hydrogens is 272 g/mol. The van der Waals surface area contributed by atoms with E-state index in [1.54, 1.807) is 36.4 Å². The summed E-state index contributed by atoms with van der Waals surface area (Å²) in [7, 11) is 0. The van der Waals surface area contributed by atoms with Crippen LogP contribution in [0.2, 0.25) is 0 Å². The van der Waals surface area contributed by atoms with Gasteiger partial charge in [-0.05, 0) is 47.5 Å². The maximum Gasteiger partial charge on any atom is 0.0912 e. The minimum atomic E-state index is 0.735. The molecule has 108 valence electrons. The fourth-order valence-corrected chi connectivity index (χ4v) is 1.48. The highest BCUT2D eigenvalue weighted by Crippen LogP contribution is 2.07. The molecule has 0 aliphatic rings. The van der Waals surface area contributed by atoms with Crippen molar-refractivity contribution in [1.82, 2.24) is 0 Å². The van der Waals surface area contributed by atoms with E-state index in [-0.39, 0.29) is 0 Å². The monoisotopic (exact) mass is 288 g/mol. The van der Waals surface area contributed by atoms with Crippen LogP contribution in [0, 0.1) is 22.7 Å². The van der Waals surface area contributed by atoms with Gasteiger partial charge in [-0.25, -0.2) is 0 Å². The Morgan fingerprint density at radius 2 is 0.955 bits per heavy atom. The lowest BCUT2D eigenvalue weighted by atomic mass is 10.2. The van der Waals surface area contributed by atoms with E-state index in [2.05, 4.69) is 0 Å². The Labute approximate surface area is 130 Å². The first-order valence-corrected chi connectivity index (χ1v) is 6.49. The van der Waals surface area contributed by atoms with Crippen molar-refractivity contribution in [3.8, 4) is 12.1 Å². The third kappa shape index (κ3) is 6.60. The molecule has 0 spiro atoms. The lowest BCUT2D eigenvalue weighted by Crippen LogP contribution is -1.82. The highest BCUT2D eigenvalue weighted by Gasteiger charge is 1.85. The number of nitrogens with two attached hydrogens (primary N) is 2. The molecule has 0 fully saturated rings. The predicted octanol–water partition coefficient (Wildman–Crippen LogP) is 3.61. The molecule has 0 atom stereocenters. The standard InChI is InChI=1S/2C9H8N2/c2*10-7-1-2-8-3-5-9(11)6-4-8/h2*1-6H,11H2/b2-1+;2-1-. The summed E-state index contributed by atoms with van der Waals surface area (Å²) in [6.07, 6.45) is 6.34. The second-order valence-corrected chi connectivity index (χ2v) is 4.26. The minimum Gasteiger partial charge on any atom is -0.399 e. The van der Waals surface area contributed by atoms with Gasteiger partial charge in [-0.2, -0.15) is 10.5 Å². The van der Waals surface area contributed by atoms with Gasteiger partial charge in [-0.3, -0.25) is 0 Å². The molecule has 0 saturated carbocycles. The zero-order valence-corrected chi connectivity index (χ0v) is 12.0. The Bertz CT molecular complexity index is 646. The van der Waals surface area contributed by atoms with E-state index < -0.39 is 0 Å². The SMILES string of the molecule is N#C/C=C/c1ccc(N)cc1.N#C/C=C\c1ccc(N)cc1. The van der Waals surface area contributed by atoms with Gasteiger partial charge in [0.15, 0.2) is 0 Å². The molecule has 0 unspecified atom stereocenters. The first kappa shape index (κ1) is 16.6. The van der Waals surface area contributed by atoms with Crippen LogP contribution in [-0.4, -0.2) is 0 Å². The summed E-state index contributed by atoms with van der Waals surface area (Å²) in [4.78, 5) is 0. The molecule has 0 aliphatic heterocycles. The van der Waals surface area contributed by atoms with E-state index in [4.69, 9.17) is 22.0 Å². The molecule has 4 heteroatoms. The van der Waals surface area contributed by atoms with Crippen LogP contribution in [0.4, 0.5) is 11.4 Å². The van der Waals surface area contributed by atoms with Gasteiger partial charge in [-0.15, -0.1) is 0 Å². The van der Waals surface area contributed by atoms with Gasteiger partial charge < -0.3 is 11.5 Å². The Kier molecular flexibility index (Phi) is 7.08. The summed E-state index contributed by atoms with van der Waals surface area (Å²) in [6.45, 7) is 0. The Morgan fingerprint density at radius 3 is 1.23 bits per heavy atom. The van der Waals surface area contributed by atoms with Crippen molar-refractivity contribution in [2.75, 3.05) is 11.5 Å². The normalized spacial score (nSPS) is 9.73. The molecule has 0 saturated heterocycles. The third-order valence-corrected chi connectivity index (χ3v) is 2.57. The van der Waals surface area contributed by atoms with Crippen molar-refractivity contribution in [3.05, 3.63) is 71.8 Å². The van der Waals surface area contributed by atoms with Crippen molar-refractivity contribution in [3.63, 3.8) is 0 Å². The van der Waals surface area contributed by atoms with Crippen molar-refractivity contribution in [2.45, 2.75) is 0 Å². The van der Waals surface area contributed by atoms with Crippen LogP contribution in [0.25, 0.3) is 12.2 Å². The van der Waals surface area contributed by atoms with E-state index in [0.29, 0.717) is 0 Å². The van der Waals surface area contributed by atoms with Crippen LogP contribution >= 0.6 is 0 Å². The first-order valence-electron chi connectivity index (χ1n) is 6.49. The number of allylic oxidation sites excluding steroid dienone is 2. The van der Waals surface area contributed by atoms with E-state index in [0.717, 1.165) is 22.5 Å². The van der Waals surface area contributed by atoms with Crippen molar-refractivity contribution in [1.29, 1.82) is 10.5 Å². The molecule has 0 bridgehead atoms. The minimum absolute atomic E-state index is 0.735. The number of nitriles is 2. The molecule has 2 aromatic rings. The Balaban J connectivity index is 0.000000220. The third-order valence-electron chi connectivity index (χ3n) is 2.57. The molecule has 0 amide bonds. The summed E-state index contributed by atoms with van der Waals surface area (Å²) in [5.41, 5.74) is 14.4. The van der Waals surface area contributed by atoms with Gasteiger partial charge in [0.1, 0.15) is 0 Å². The molecule has 0 aromatic heterocycles. The highest BCUT2D eigenvalue weighted by atomic mass is 14.5. The first-order chi connectivity index (χ1) is 10.7. The second kappa shape index (κ2) is 9.41. The lowest BCUT2D eigenvalue weighted by molar-refractivity contribution is 1.53. The summed E-state index contributed by atoms with van der Waals surface area (Å²) in [5.74, 6) is 0. The van der Waals surface area contributed by atoms with E-state index in [1.165, 1.54) is 12.2 Å². The molecule has 0 aliphatic carbocycles. The summed E-state index contributed by atoms with van der Waals surface area (Å²) in [5, 5.41) is 16.4. The molecular formula is C18H16N4. The van der Waals surface area contributed by atoms with Crippen molar-refractivity contribution in [2.24, 2.45) is 0 Å². The van der Waals surface area contributed by atoms with Crippen LogP contribution in [-0.2, 0) is 0 Å². The number of nitrogen functional groups attached to an aromatic ring is 2. The molecule has 0 radical (unpaired) electrons. The predicted molar refractivity (Wildman–Crippen MR) is 91.0 cm³/mol. The fourth-order valence-electron chi connectivity index (χ4n) is 1.48. The van der Waals surface area contributed by atoms with Crippen molar-refractivity contribution < 1.29 is 0 Å². The van der Waals surface area contributed by atoms with E-state index in [9.17, 15) is 0 Å². The zero-order valence-electron chi connectivity index (χ0n) is 12.0. The quantitative estimate of drug-likeness (QED) is 0.651. The zero-order chi connectivity index (χ0) is 16.2. The van der Waals surface area contributed by atoms with Crippen molar-refractivity contribution >= 4 is 23.5 Å². The number of nitrogens with zero attached hydrogens (tertiary/aromatic N) is 2. The van der Waals surface area contributed by atoms with Crippen LogP contribution in [0.5, 0.6) is 0 Å². The van der Waals surface area contributed by atoms with E-state index >= 15 is 0 Å². The van der Waals surface area contributed by atoms with Crippen LogP contribution in [0.3, 0.4) is 0 Å². The number of hydrogen-bond acceptors (Lipinski definition) is 4. The number of rotatable bonds is 2. The summed E-state index contributed by atoms with van der Waals surface area (Å²) in [6, 6.07) is 18.5. The summed E-state index contributed by atoms with van der Waals surface area (Å²) < 4.78 is 0. The number of anilines is 2. The van der Waals surface area contributed by atoms with Gasteiger partial charge in [0.2, 0.25) is 0 Å². The fraction of sp³-hybridized carbons (Fsp3) is 0. The maximum absolute atomic E-state index is 8.22. The smallest absolute Gasteiger partial charge is 0.0912 e.